The first-order valence-electron chi connectivity index (χ1n) is 7.13. The number of benzene rings is 1. The van der Waals surface area contributed by atoms with Crippen molar-refractivity contribution in [1.82, 2.24) is 0 Å². The second-order valence-electron chi connectivity index (χ2n) is 4.87. The van der Waals surface area contributed by atoms with Crippen molar-refractivity contribution in [1.29, 1.82) is 0 Å². The van der Waals surface area contributed by atoms with E-state index in [2.05, 4.69) is 0 Å². The number of para-hydroxylation sites is 1. The van der Waals surface area contributed by atoms with Gasteiger partial charge in [-0.2, -0.15) is 0 Å². The van der Waals surface area contributed by atoms with E-state index in [0.29, 0.717) is 5.75 Å². The molecule has 0 aliphatic heterocycles. The number of phenolic OH excluding ortho intramolecular Hbond substituents is 1. The number of aromatic hydroxyl groups is 1. The minimum atomic E-state index is 0.322. The van der Waals surface area contributed by atoms with E-state index in [1.54, 1.807) is 24.3 Å². The molecule has 2 saturated carbocycles. The molecule has 2 aliphatic rings. The first kappa shape index (κ1) is 14.1. The van der Waals surface area contributed by atoms with Crippen LogP contribution in [0.1, 0.15) is 64.2 Å². The van der Waals surface area contributed by atoms with Crippen molar-refractivity contribution in [2.24, 2.45) is 0 Å². The van der Waals surface area contributed by atoms with Crippen LogP contribution in [0.4, 0.5) is 0 Å². The highest BCUT2D eigenvalue weighted by Crippen LogP contribution is 2.15. The predicted octanol–water partition coefficient (Wildman–Crippen LogP) is 5.29. The lowest BCUT2D eigenvalue weighted by atomic mass is 10.3. The van der Waals surface area contributed by atoms with Crippen LogP contribution in [0.25, 0.3) is 0 Å². The van der Waals surface area contributed by atoms with Gasteiger partial charge >= 0.3 is 0 Å². The van der Waals surface area contributed by atoms with Crippen molar-refractivity contribution in [2.75, 3.05) is 0 Å². The number of hydrogen-bond acceptors (Lipinski definition) is 1. The van der Waals surface area contributed by atoms with Gasteiger partial charge in [-0.15, -0.1) is 0 Å². The molecule has 0 radical (unpaired) electrons. The lowest BCUT2D eigenvalue weighted by Gasteiger charge is -1.82. The molecule has 96 valence electrons. The lowest BCUT2D eigenvalue weighted by Crippen LogP contribution is -1.56. The molecular formula is C16H26O. The van der Waals surface area contributed by atoms with Gasteiger partial charge in [-0.25, -0.2) is 0 Å². The van der Waals surface area contributed by atoms with Crippen LogP contribution in [0, 0.1) is 0 Å². The van der Waals surface area contributed by atoms with Crippen molar-refractivity contribution in [2.45, 2.75) is 64.2 Å². The molecule has 1 aromatic carbocycles. The average Bonchev–Trinajstić information content (AvgIpc) is 3.09. The normalized spacial score (nSPS) is 17.6. The third-order valence-electron chi connectivity index (χ3n) is 3.26. The molecule has 1 heteroatoms. The Balaban J connectivity index is 0.000000130. The molecule has 1 N–H and O–H groups in total. The lowest BCUT2D eigenvalue weighted by molar-refractivity contribution is 0.475. The van der Waals surface area contributed by atoms with Crippen LogP contribution in [0.3, 0.4) is 0 Å². The Hall–Kier alpha value is -0.980. The number of rotatable bonds is 0. The van der Waals surface area contributed by atoms with Crippen LogP contribution >= 0.6 is 0 Å². The van der Waals surface area contributed by atoms with E-state index in [1.807, 2.05) is 6.07 Å². The summed E-state index contributed by atoms with van der Waals surface area (Å²) in [7, 11) is 0. The molecule has 3 rings (SSSR count). The van der Waals surface area contributed by atoms with Gasteiger partial charge in [-0.05, 0) is 12.1 Å². The Morgan fingerprint density at radius 2 is 0.824 bits per heavy atom. The van der Waals surface area contributed by atoms with Crippen molar-refractivity contribution >= 4 is 0 Å². The highest BCUT2D eigenvalue weighted by molar-refractivity contribution is 5.18. The zero-order valence-electron chi connectivity index (χ0n) is 10.9. The smallest absolute Gasteiger partial charge is 0.115 e. The second-order valence-corrected chi connectivity index (χ2v) is 4.87. The summed E-state index contributed by atoms with van der Waals surface area (Å²) >= 11 is 0. The van der Waals surface area contributed by atoms with E-state index in [1.165, 1.54) is 64.2 Å². The number of phenols is 1. The summed E-state index contributed by atoms with van der Waals surface area (Å²) in [6, 6.07) is 8.71. The molecule has 17 heavy (non-hydrogen) atoms. The van der Waals surface area contributed by atoms with E-state index in [0.717, 1.165) is 0 Å². The van der Waals surface area contributed by atoms with Gasteiger partial charge in [0.25, 0.3) is 0 Å². The largest absolute Gasteiger partial charge is 0.508 e. The quantitative estimate of drug-likeness (QED) is 0.646. The SMILES string of the molecule is C1CCCC1.C1CCCC1.Oc1ccccc1. The zero-order valence-corrected chi connectivity index (χ0v) is 10.9. The molecule has 2 fully saturated rings. The Labute approximate surface area is 106 Å². The Bertz CT molecular complexity index is 222. The molecule has 0 saturated heterocycles. The van der Waals surface area contributed by atoms with Crippen LogP contribution < -0.4 is 0 Å². The van der Waals surface area contributed by atoms with Gasteiger partial charge in [0.05, 0.1) is 0 Å². The summed E-state index contributed by atoms with van der Waals surface area (Å²) in [5, 5.41) is 8.63. The fourth-order valence-corrected chi connectivity index (χ4v) is 2.20. The van der Waals surface area contributed by atoms with Gasteiger partial charge in [0.1, 0.15) is 5.75 Å². The minimum Gasteiger partial charge on any atom is -0.508 e. The molecule has 0 spiro atoms. The van der Waals surface area contributed by atoms with E-state index >= 15 is 0 Å². The monoisotopic (exact) mass is 234 g/mol. The molecule has 0 unspecified atom stereocenters. The highest BCUT2D eigenvalue weighted by atomic mass is 16.3. The maximum Gasteiger partial charge on any atom is 0.115 e. The molecule has 1 aromatic rings. The summed E-state index contributed by atoms with van der Waals surface area (Å²) in [5.74, 6) is 0.322. The summed E-state index contributed by atoms with van der Waals surface area (Å²) < 4.78 is 0. The van der Waals surface area contributed by atoms with Gasteiger partial charge < -0.3 is 5.11 Å². The van der Waals surface area contributed by atoms with E-state index < -0.39 is 0 Å². The first-order valence-corrected chi connectivity index (χ1v) is 7.13. The van der Waals surface area contributed by atoms with Gasteiger partial charge in [-0.3, -0.25) is 0 Å². The van der Waals surface area contributed by atoms with Crippen molar-refractivity contribution in [3.05, 3.63) is 30.3 Å². The fraction of sp³-hybridized carbons (Fsp3) is 0.625. The molecule has 2 aliphatic carbocycles. The molecule has 0 aromatic heterocycles. The topological polar surface area (TPSA) is 20.2 Å². The summed E-state index contributed by atoms with van der Waals surface area (Å²) in [6.45, 7) is 0. The van der Waals surface area contributed by atoms with Crippen molar-refractivity contribution in [3.63, 3.8) is 0 Å². The van der Waals surface area contributed by atoms with Crippen LogP contribution in [0.15, 0.2) is 30.3 Å². The molecule has 0 amide bonds. The third kappa shape index (κ3) is 8.79. The van der Waals surface area contributed by atoms with Crippen molar-refractivity contribution < 1.29 is 5.11 Å². The third-order valence-corrected chi connectivity index (χ3v) is 3.26. The van der Waals surface area contributed by atoms with Crippen LogP contribution in [-0.4, -0.2) is 5.11 Å². The summed E-state index contributed by atoms with van der Waals surface area (Å²) in [4.78, 5) is 0. The Morgan fingerprint density at radius 1 is 0.529 bits per heavy atom. The van der Waals surface area contributed by atoms with Gasteiger partial charge in [-0.1, -0.05) is 82.4 Å². The van der Waals surface area contributed by atoms with Crippen LogP contribution in [0.5, 0.6) is 5.75 Å². The van der Waals surface area contributed by atoms with E-state index in [-0.39, 0.29) is 0 Å². The number of hydrogen-bond donors (Lipinski definition) is 1. The Morgan fingerprint density at radius 3 is 1.00 bits per heavy atom. The summed E-state index contributed by atoms with van der Waals surface area (Å²) in [5.41, 5.74) is 0. The minimum absolute atomic E-state index is 0.322. The van der Waals surface area contributed by atoms with Gasteiger partial charge in [0.15, 0.2) is 0 Å². The second kappa shape index (κ2) is 10.2. The van der Waals surface area contributed by atoms with E-state index in [9.17, 15) is 0 Å². The summed E-state index contributed by atoms with van der Waals surface area (Å²) in [6.07, 6.45) is 15.0. The van der Waals surface area contributed by atoms with Gasteiger partial charge in [0.2, 0.25) is 0 Å². The van der Waals surface area contributed by atoms with Crippen molar-refractivity contribution in [3.8, 4) is 5.75 Å². The Kier molecular flexibility index (Phi) is 8.44. The molecule has 0 heterocycles. The van der Waals surface area contributed by atoms with Crippen LogP contribution in [0.2, 0.25) is 0 Å². The average molecular weight is 234 g/mol. The van der Waals surface area contributed by atoms with E-state index in [4.69, 9.17) is 5.11 Å². The maximum atomic E-state index is 8.63. The highest BCUT2D eigenvalue weighted by Gasteiger charge is 1.95. The zero-order chi connectivity index (χ0) is 12.2. The van der Waals surface area contributed by atoms with Gasteiger partial charge in [0, 0.05) is 0 Å². The maximum absolute atomic E-state index is 8.63. The standard InChI is InChI=1S/C6H6O.2C5H10/c7-6-4-2-1-3-5-6;2*1-2-4-5-3-1/h1-5,7H;2*1-5H2. The fourth-order valence-electron chi connectivity index (χ4n) is 2.20. The molecule has 1 nitrogen and oxygen atoms in total. The molecule has 0 bridgehead atoms. The first-order chi connectivity index (χ1) is 8.39. The molecular weight excluding hydrogens is 208 g/mol. The van der Waals surface area contributed by atoms with Crippen LogP contribution in [-0.2, 0) is 0 Å². The predicted molar refractivity (Wildman–Crippen MR) is 74.3 cm³/mol. The molecule has 0 atom stereocenters.